The molecule has 26 heavy (non-hydrogen) atoms. The molecule has 0 fully saturated rings. The van der Waals surface area contributed by atoms with Crippen molar-refractivity contribution < 1.29 is 13.2 Å². The van der Waals surface area contributed by atoms with E-state index in [4.69, 9.17) is 23.2 Å². The van der Waals surface area contributed by atoms with Gasteiger partial charge in [-0.3, -0.25) is 4.79 Å². The lowest BCUT2D eigenvalue weighted by atomic mass is 10.2. The third-order valence-electron chi connectivity index (χ3n) is 3.83. The van der Waals surface area contributed by atoms with Crippen molar-refractivity contribution in [2.75, 3.05) is 18.4 Å². The molecule has 0 aliphatic carbocycles. The summed E-state index contributed by atoms with van der Waals surface area (Å²) < 4.78 is 26.9. The number of hydrogen-bond donors (Lipinski definition) is 1. The molecule has 1 aromatic heterocycles. The Morgan fingerprint density at radius 1 is 1.19 bits per heavy atom. The lowest BCUT2D eigenvalue weighted by Gasteiger charge is -2.20. The van der Waals surface area contributed by atoms with E-state index in [1.165, 1.54) is 22.6 Å². The number of nitrogens with zero attached hydrogens (tertiary/aromatic N) is 2. The number of amides is 1. The zero-order valence-electron chi connectivity index (χ0n) is 14.6. The maximum Gasteiger partial charge on any atom is 0.257 e. The summed E-state index contributed by atoms with van der Waals surface area (Å²) >= 11 is 11.6. The Labute approximate surface area is 163 Å². The van der Waals surface area contributed by atoms with Gasteiger partial charge in [-0.2, -0.15) is 4.31 Å². The number of carbonyl (C=O) groups is 1. The molecule has 9 heteroatoms. The highest BCUT2D eigenvalue weighted by Crippen LogP contribution is 2.25. The largest absolute Gasteiger partial charge is 0.322 e. The highest BCUT2D eigenvalue weighted by atomic mass is 35.5. The molecule has 2 rings (SSSR count). The number of rotatable bonds is 6. The lowest BCUT2D eigenvalue weighted by Crippen LogP contribution is -2.31. The molecule has 0 spiro atoms. The minimum atomic E-state index is -3.64. The van der Waals surface area contributed by atoms with Crippen molar-refractivity contribution in [3.63, 3.8) is 0 Å². The average molecular weight is 416 g/mol. The fourth-order valence-corrected chi connectivity index (χ4v) is 4.39. The number of benzene rings is 1. The summed E-state index contributed by atoms with van der Waals surface area (Å²) in [6.45, 7) is 6.00. The third-order valence-corrected chi connectivity index (χ3v) is 6.71. The van der Waals surface area contributed by atoms with E-state index in [0.717, 1.165) is 0 Å². The SMILES string of the molecule is CCN(CC)S(=O)(=O)c1cc(NC(=O)c2cnc(Cl)c(Cl)c2)ccc1C. The summed E-state index contributed by atoms with van der Waals surface area (Å²) in [5.41, 5.74) is 1.18. The standard InChI is InChI=1S/C17H19Cl2N3O3S/c1-4-22(5-2)26(24,25)15-9-13(7-6-11(15)3)21-17(23)12-8-14(18)16(19)20-10-12/h6-10H,4-5H2,1-3H3,(H,21,23). The topological polar surface area (TPSA) is 79.4 Å². The van der Waals surface area contributed by atoms with E-state index in [2.05, 4.69) is 10.3 Å². The third kappa shape index (κ3) is 4.35. The van der Waals surface area contributed by atoms with Gasteiger partial charge in [-0.25, -0.2) is 13.4 Å². The molecule has 6 nitrogen and oxygen atoms in total. The van der Waals surface area contributed by atoms with E-state index >= 15 is 0 Å². The Hall–Kier alpha value is -1.67. The summed E-state index contributed by atoms with van der Waals surface area (Å²) in [5, 5.41) is 2.92. The molecule has 0 bridgehead atoms. The van der Waals surface area contributed by atoms with Gasteiger partial charge in [0.05, 0.1) is 15.5 Å². The first-order chi connectivity index (χ1) is 12.2. The van der Waals surface area contributed by atoms with E-state index in [0.29, 0.717) is 24.3 Å². The van der Waals surface area contributed by atoms with Gasteiger partial charge in [-0.05, 0) is 30.7 Å². The Balaban J connectivity index is 2.35. The number of sulfonamides is 1. The first-order valence-corrected chi connectivity index (χ1v) is 10.1. The first-order valence-electron chi connectivity index (χ1n) is 7.93. The number of pyridine rings is 1. The van der Waals surface area contributed by atoms with Gasteiger partial charge in [0.25, 0.3) is 5.91 Å². The van der Waals surface area contributed by atoms with Gasteiger partial charge >= 0.3 is 0 Å². The second-order valence-electron chi connectivity index (χ2n) is 5.52. The number of carbonyl (C=O) groups excluding carboxylic acids is 1. The van der Waals surface area contributed by atoms with Crippen molar-refractivity contribution in [1.29, 1.82) is 0 Å². The fourth-order valence-electron chi connectivity index (χ4n) is 2.41. The quantitative estimate of drug-likeness (QED) is 0.723. The van der Waals surface area contributed by atoms with Gasteiger partial charge in [0, 0.05) is 25.0 Å². The molecule has 0 aliphatic rings. The molecular weight excluding hydrogens is 397 g/mol. The van der Waals surface area contributed by atoms with Crippen LogP contribution in [-0.2, 0) is 10.0 Å². The van der Waals surface area contributed by atoms with Gasteiger partial charge in [0.15, 0.2) is 0 Å². The van der Waals surface area contributed by atoms with E-state index in [9.17, 15) is 13.2 Å². The Kier molecular flexibility index (Phi) is 6.63. The zero-order chi connectivity index (χ0) is 19.5. The van der Waals surface area contributed by atoms with E-state index in [1.807, 2.05) is 0 Å². The van der Waals surface area contributed by atoms with Crippen molar-refractivity contribution in [1.82, 2.24) is 9.29 Å². The molecule has 0 aliphatic heterocycles. The van der Waals surface area contributed by atoms with Crippen LogP contribution in [0.15, 0.2) is 35.4 Å². The van der Waals surface area contributed by atoms with Gasteiger partial charge in [-0.1, -0.05) is 43.1 Å². The summed E-state index contributed by atoms with van der Waals surface area (Å²) in [4.78, 5) is 16.3. The molecule has 1 amide bonds. The Bertz CT molecular complexity index is 929. The fraction of sp³-hybridized carbons (Fsp3) is 0.294. The zero-order valence-corrected chi connectivity index (χ0v) is 16.9. The van der Waals surface area contributed by atoms with Crippen LogP contribution in [0.25, 0.3) is 0 Å². The summed E-state index contributed by atoms with van der Waals surface area (Å²) in [7, 11) is -3.64. The highest BCUT2D eigenvalue weighted by molar-refractivity contribution is 7.89. The molecule has 140 valence electrons. The maximum atomic E-state index is 12.8. The maximum absolute atomic E-state index is 12.8. The first kappa shape index (κ1) is 20.6. The molecule has 0 radical (unpaired) electrons. The van der Waals surface area contributed by atoms with Crippen LogP contribution in [0.3, 0.4) is 0 Å². The number of nitrogens with one attached hydrogen (secondary N) is 1. The van der Waals surface area contributed by atoms with Gasteiger partial charge in [0.1, 0.15) is 5.15 Å². The number of hydrogen-bond acceptors (Lipinski definition) is 4. The number of anilines is 1. The average Bonchev–Trinajstić information content (AvgIpc) is 2.59. The van der Waals surface area contributed by atoms with Crippen molar-refractivity contribution in [2.45, 2.75) is 25.7 Å². The normalized spacial score (nSPS) is 11.6. The molecule has 1 N–H and O–H groups in total. The Morgan fingerprint density at radius 2 is 1.85 bits per heavy atom. The van der Waals surface area contributed by atoms with Crippen LogP contribution in [0.5, 0.6) is 0 Å². The van der Waals surface area contributed by atoms with Gasteiger partial charge < -0.3 is 5.32 Å². The van der Waals surface area contributed by atoms with E-state index < -0.39 is 15.9 Å². The minimum absolute atomic E-state index is 0.103. The molecule has 0 atom stereocenters. The minimum Gasteiger partial charge on any atom is -0.322 e. The number of aryl methyl sites for hydroxylation is 1. The summed E-state index contributed by atoms with van der Waals surface area (Å²) in [5.74, 6) is -0.467. The molecular formula is C17H19Cl2N3O3S. The smallest absolute Gasteiger partial charge is 0.257 e. The number of halogens is 2. The predicted octanol–water partition coefficient (Wildman–Crippen LogP) is 3.98. The van der Waals surface area contributed by atoms with Crippen LogP contribution in [0, 0.1) is 6.92 Å². The summed E-state index contributed by atoms with van der Waals surface area (Å²) in [6.07, 6.45) is 1.30. The van der Waals surface area contributed by atoms with Crippen molar-refractivity contribution >= 4 is 44.8 Å². The molecule has 0 saturated carbocycles. The lowest BCUT2D eigenvalue weighted by molar-refractivity contribution is 0.102. The van der Waals surface area contributed by atoms with Gasteiger partial charge in [0.2, 0.25) is 10.0 Å². The van der Waals surface area contributed by atoms with E-state index in [1.54, 1.807) is 32.9 Å². The number of aromatic nitrogens is 1. The molecule has 1 heterocycles. The van der Waals surface area contributed by atoms with Gasteiger partial charge in [-0.15, -0.1) is 0 Å². The van der Waals surface area contributed by atoms with Crippen LogP contribution in [0.2, 0.25) is 10.2 Å². The van der Waals surface area contributed by atoms with Crippen LogP contribution >= 0.6 is 23.2 Å². The van der Waals surface area contributed by atoms with Crippen LogP contribution in [0.1, 0.15) is 29.8 Å². The predicted molar refractivity (Wildman–Crippen MR) is 103 cm³/mol. The molecule has 1 aromatic carbocycles. The van der Waals surface area contributed by atoms with Crippen LogP contribution < -0.4 is 5.32 Å². The van der Waals surface area contributed by atoms with Crippen molar-refractivity contribution in [3.8, 4) is 0 Å². The molecule has 2 aromatic rings. The van der Waals surface area contributed by atoms with E-state index in [-0.39, 0.29) is 20.6 Å². The second kappa shape index (κ2) is 8.35. The van der Waals surface area contributed by atoms with Crippen LogP contribution in [0.4, 0.5) is 5.69 Å². The second-order valence-corrected chi connectivity index (χ2v) is 8.19. The summed E-state index contributed by atoms with van der Waals surface area (Å²) in [6, 6.07) is 6.14. The highest BCUT2D eigenvalue weighted by Gasteiger charge is 2.24. The molecule has 0 unspecified atom stereocenters. The van der Waals surface area contributed by atoms with Crippen molar-refractivity contribution in [3.05, 3.63) is 51.8 Å². The molecule has 0 saturated heterocycles. The Morgan fingerprint density at radius 3 is 2.42 bits per heavy atom. The van der Waals surface area contributed by atoms with Crippen molar-refractivity contribution in [2.24, 2.45) is 0 Å². The monoisotopic (exact) mass is 415 g/mol. The van der Waals surface area contributed by atoms with Crippen LogP contribution in [-0.4, -0.2) is 36.7 Å².